The molecule has 1 saturated heterocycles. The fourth-order valence-electron chi connectivity index (χ4n) is 3.67. The number of phenolic OH excluding ortho intramolecular Hbond substituents is 2. The molecule has 0 radical (unpaired) electrons. The molecule has 0 aliphatic carbocycles. The second-order valence-corrected chi connectivity index (χ2v) is 6.90. The minimum Gasteiger partial charge on any atom is -0.504 e. The Kier molecular flexibility index (Phi) is 5.37. The van der Waals surface area contributed by atoms with Gasteiger partial charge in [0.15, 0.2) is 23.0 Å². The third-order valence-electron chi connectivity index (χ3n) is 5.44. The van der Waals surface area contributed by atoms with Gasteiger partial charge in [-0.05, 0) is 47.2 Å². The normalized spacial score (nSPS) is 24.6. The minimum absolute atomic E-state index is 0.0257. The highest BCUT2D eigenvalue weighted by molar-refractivity contribution is 5.53. The Morgan fingerprint density at radius 3 is 1.74 bits per heavy atom. The molecule has 146 valence electrons. The van der Waals surface area contributed by atoms with Crippen LogP contribution >= 0.6 is 0 Å². The van der Waals surface area contributed by atoms with Gasteiger partial charge in [0.2, 0.25) is 5.75 Å². The number of hydrogen-bond donors (Lipinski definition) is 2. The van der Waals surface area contributed by atoms with E-state index < -0.39 is 0 Å². The van der Waals surface area contributed by atoms with Gasteiger partial charge in [0.25, 0.3) is 0 Å². The first kappa shape index (κ1) is 19.2. The van der Waals surface area contributed by atoms with Crippen LogP contribution in [0.1, 0.15) is 37.2 Å². The van der Waals surface area contributed by atoms with Crippen LogP contribution < -0.4 is 14.2 Å². The van der Waals surface area contributed by atoms with E-state index in [1.807, 2.05) is 12.1 Å². The predicted octanol–water partition coefficient (Wildman–Crippen LogP) is 4.21. The minimum atomic E-state index is -0.187. The molecule has 2 N–H and O–H groups in total. The summed E-state index contributed by atoms with van der Waals surface area (Å²) >= 11 is 0. The summed E-state index contributed by atoms with van der Waals surface area (Å²) in [5.74, 6) is 1.65. The van der Waals surface area contributed by atoms with Crippen LogP contribution in [0.5, 0.6) is 28.7 Å². The molecule has 1 fully saturated rings. The number of phenols is 2. The van der Waals surface area contributed by atoms with E-state index in [2.05, 4.69) is 13.8 Å². The lowest BCUT2D eigenvalue weighted by molar-refractivity contribution is 0.0286. The summed E-state index contributed by atoms with van der Waals surface area (Å²) in [5.41, 5.74) is 1.83. The highest BCUT2D eigenvalue weighted by Crippen LogP contribution is 2.51. The van der Waals surface area contributed by atoms with Crippen molar-refractivity contribution in [1.82, 2.24) is 0 Å². The van der Waals surface area contributed by atoms with Crippen molar-refractivity contribution in [3.63, 3.8) is 0 Å². The summed E-state index contributed by atoms with van der Waals surface area (Å²) in [6, 6.07) is 8.85. The smallest absolute Gasteiger partial charge is 0.200 e. The molecule has 2 aromatic rings. The number of rotatable bonds is 5. The lowest BCUT2D eigenvalue weighted by Crippen LogP contribution is -2.10. The highest BCUT2D eigenvalue weighted by Gasteiger charge is 2.41. The largest absolute Gasteiger partial charge is 0.504 e. The number of aromatic hydroxyl groups is 2. The maximum absolute atomic E-state index is 10.2. The second kappa shape index (κ2) is 7.56. The Labute approximate surface area is 159 Å². The number of benzene rings is 2. The zero-order valence-electron chi connectivity index (χ0n) is 16.2. The molecule has 27 heavy (non-hydrogen) atoms. The van der Waals surface area contributed by atoms with Crippen molar-refractivity contribution in [3.05, 3.63) is 41.5 Å². The number of ether oxygens (including phenoxy) is 4. The van der Waals surface area contributed by atoms with E-state index in [1.54, 1.807) is 18.2 Å². The van der Waals surface area contributed by atoms with Crippen molar-refractivity contribution in [1.29, 1.82) is 0 Å². The molecular formula is C21H26O6. The molecule has 3 rings (SSSR count). The number of hydrogen-bond acceptors (Lipinski definition) is 6. The molecule has 2 aromatic carbocycles. The standard InChI is InChI=1S/C21H26O6/c1-11-12(2)21(14-9-17(25-4)19(23)18(10-14)26-5)27-20(11)13-6-7-15(22)16(8-13)24-3/h6-12,20-23H,1-5H3/t11-,12-,20-,21+/m0/s1. The molecule has 0 aromatic heterocycles. The quantitative estimate of drug-likeness (QED) is 0.816. The van der Waals surface area contributed by atoms with Crippen molar-refractivity contribution in [3.8, 4) is 28.7 Å². The van der Waals surface area contributed by atoms with Crippen LogP contribution in [0.25, 0.3) is 0 Å². The zero-order chi connectivity index (χ0) is 19.7. The van der Waals surface area contributed by atoms with Crippen molar-refractivity contribution in [2.45, 2.75) is 26.1 Å². The van der Waals surface area contributed by atoms with Gasteiger partial charge in [-0.15, -0.1) is 0 Å². The molecule has 6 heteroatoms. The molecule has 1 aliphatic rings. The lowest BCUT2D eigenvalue weighted by Gasteiger charge is -2.19. The Balaban J connectivity index is 1.96. The Hall–Kier alpha value is -2.60. The number of methoxy groups -OCH3 is 3. The fraction of sp³-hybridized carbons (Fsp3) is 0.429. The topological polar surface area (TPSA) is 77.4 Å². The maximum Gasteiger partial charge on any atom is 0.200 e. The Morgan fingerprint density at radius 1 is 0.741 bits per heavy atom. The lowest BCUT2D eigenvalue weighted by atomic mass is 9.85. The molecule has 6 nitrogen and oxygen atoms in total. The molecule has 1 aliphatic heterocycles. The van der Waals surface area contributed by atoms with Crippen molar-refractivity contribution < 1.29 is 29.2 Å². The van der Waals surface area contributed by atoms with Gasteiger partial charge < -0.3 is 29.2 Å². The van der Waals surface area contributed by atoms with E-state index in [4.69, 9.17) is 18.9 Å². The highest BCUT2D eigenvalue weighted by atomic mass is 16.5. The van der Waals surface area contributed by atoms with Gasteiger partial charge >= 0.3 is 0 Å². The first-order valence-electron chi connectivity index (χ1n) is 8.88. The van der Waals surface area contributed by atoms with Gasteiger partial charge in [-0.1, -0.05) is 19.9 Å². The molecule has 4 atom stereocenters. The molecule has 0 saturated carbocycles. The van der Waals surface area contributed by atoms with E-state index in [0.29, 0.717) is 17.2 Å². The van der Waals surface area contributed by atoms with E-state index >= 15 is 0 Å². The molecule has 1 heterocycles. The molecular weight excluding hydrogens is 348 g/mol. The SMILES string of the molecule is COc1cc([C@H]2O[C@@H](c3cc(OC)c(O)c(OC)c3)[C@@H](C)[C@@H]2C)ccc1O. The molecule has 0 spiro atoms. The van der Waals surface area contributed by atoms with Crippen LogP contribution in [-0.4, -0.2) is 31.5 Å². The average Bonchev–Trinajstić information content (AvgIpc) is 2.97. The maximum atomic E-state index is 10.2. The summed E-state index contributed by atoms with van der Waals surface area (Å²) in [4.78, 5) is 0. The van der Waals surface area contributed by atoms with E-state index in [0.717, 1.165) is 11.1 Å². The summed E-state index contributed by atoms with van der Waals surface area (Å²) < 4.78 is 22.2. The van der Waals surface area contributed by atoms with Crippen molar-refractivity contribution in [2.75, 3.05) is 21.3 Å². The third kappa shape index (κ3) is 3.37. The van der Waals surface area contributed by atoms with Crippen LogP contribution in [0.3, 0.4) is 0 Å². The van der Waals surface area contributed by atoms with Gasteiger partial charge in [-0.3, -0.25) is 0 Å². The van der Waals surface area contributed by atoms with Crippen LogP contribution in [-0.2, 0) is 4.74 Å². The molecule has 0 amide bonds. The fourth-order valence-corrected chi connectivity index (χ4v) is 3.67. The zero-order valence-corrected chi connectivity index (χ0v) is 16.2. The van der Waals surface area contributed by atoms with Crippen molar-refractivity contribution in [2.24, 2.45) is 11.8 Å². The van der Waals surface area contributed by atoms with Gasteiger partial charge in [-0.25, -0.2) is 0 Å². The molecule has 0 bridgehead atoms. The average molecular weight is 374 g/mol. The monoisotopic (exact) mass is 374 g/mol. The first-order valence-corrected chi connectivity index (χ1v) is 8.88. The van der Waals surface area contributed by atoms with Crippen LogP contribution in [0, 0.1) is 11.8 Å². The summed E-state index contributed by atoms with van der Waals surface area (Å²) in [7, 11) is 4.54. The van der Waals surface area contributed by atoms with Crippen LogP contribution in [0.2, 0.25) is 0 Å². The van der Waals surface area contributed by atoms with Crippen LogP contribution in [0.15, 0.2) is 30.3 Å². The van der Waals surface area contributed by atoms with Gasteiger partial charge in [0.05, 0.1) is 33.5 Å². The first-order chi connectivity index (χ1) is 12.9. The van der Waals surface area contributed by atoms with E-state index in [1.165, 1.54) is 21.3 Å². The van der Waals surface area contributed by atoms with E-state index in [-0.39, 0.29) is 35.5 Å². The summed E-state index contributed by atoms with van der Waals surface area (Å²) in [6.45, 7) is 4.28. The Bertz CT molecular complexity index is 793. The summed E-state index contributed by atoms with van der Waals surface area (Å²) in [5, 5.41) is 20.0. The van der Waals surface area contributed by atoms with Crippen LogP contribution in [0.4, 0.5) is 0 Å². The van der Waals surface area contributed by atoms with Crippen molar-refractivity contribution >= 4 is 0 Å². The Morgan fingerprint density at radius 2 is 1.22 bits per heavy atom. The van der Waals surface area contributed by atoms with Gasteiger partial charge in [0.1, 0.15) is 0 Å². The third-order valence-corrected chi connectivity index (χ3v) is 5.44. The van der Waals surface area contributed by atoms with Gasteiger partial charge in [-0.2, -0.15) is 0 Å². The van der Waals surface area contributed by atoms with Gasteiger partial charge in [0, 0.05) is 0 Å². The predicted molar refractivity (Wildman–Crippen MR) is 101 cm³/mol. The summed E-state index contributed by atoms with van der Waals surface area (Å²) in [6.07, 6.45) is -0.335. The molecule has 0 unspecified atom stereocenters. The second-order valence-electron chi connectivity index (χ2n) is 6.90. The van der Waals surface area contributed by atoms with E-state index in [9.17, 15) is 10.2 Å².